The molecule has 11 heavy (non-hydrogen) atoms. The molecule has 6 nitrogen and oxygen atoms in total. The van der Waals surface area contributed by atoms with Gasteiger partial charge in [-0.2, -0.15) is 0 Å². The molecule has 0 aromatic carbocycles. The number of nitrogens with two attached hydrogens (primary N) is 1. The number of H-pyrrole nitrogens is 2. The average molecular weight is 154 g/mol. The summed E-state index contributed by atoms with van der Waals surface area (Å²) in [5.74, 6) is -0.0891. The molecule has 0 aliphatic carbocycles. The SMILES string of the molecule is N=Cc1c(N)[nH]c(=O)[nH]c1=O. The van der Waals surface area contributed by atoms with E-state index in [4.69, 9.17) is 11.1 Å². The van der Waals surface area contributed by atoms with Crippen molar-refractivity contribution in [2.75, 3.05) is 5.73 Å². The number of nitrogen functional groups attached to an aromatic ring is 1. The summed E-state index contributed by atoms with van der Waals surface area (Å²) < 4.78 is 0. The quantitative estimate of drug-likeness (QED) is 0.374. The van der Waals surface area contributed by atoms with Crippen LogP contribution in [0.25, 0.3) is 0 Å². The van der Waals surface area contributed by atoms with Gasteiger partial charge < -0.3 is 11.1 Å². The standard InChI is InChI=1S/C5H6N4O2/c6-1-2-3(7)8-5(11)9-4(2)10/h1,6H,(H4,7,8,9,10,11). The Morgan fingerprint density at radius 2 is 2.00 bits per heavy atom. The molecule has 0 atom stereocenters. The van der Waals surface area contributed by atoms with Crippen LogP contribution in [0, 0.1) is 5.41 Å². The van der Waals surface area contributed by atoms with E-state index in [9.17, 15) is 9.59 Å². The highest BCUT2D eigenvalue weighted by atomic mass is 16.2. The van der Waals surface area contributed by atoms with Crippen LogP contribution in [0.4, 0.5) is 5.82 Å². The number of hydrogen-bond acceptors (Lipinski definition) is 4. The Labute approximate surface area is 60.6 Å². The number of hydrogen-bond donors (Lipinski definition) is 4. The van der Waals surface area contributed by atoms with Gasteiger partial charge in [0.05, 0.1) is 5.56 Å². The van der Waals surface area contributed by atoms with Crippen molar-refractivity contribution in [2.24, 2.45) is 0 Å². The van der Waals surface area contributed by atoms with Crippen molar-refractivity contribution in [3.63, 3.8) is 0 Å². The maximum absolute atomic E-state index is 10.8. The number of rotatable bonds is 1. The fourth-order valence-corrected chi connectivity index (χ4v) is 0.657. The first-order valence-corrected chi connectivity index (χ1v) is 2.77. The molecule has 0 saturated carbocycles. The molecule has 0 unspecified atom stereocenters. The summed E-state index contributed by atoms with van der Waals surface area (Å²) in [5, 5.41) is 6.75. The van der Waals surface area contributed by atoms with Crippen LogP contribution in [0.5, 0.6) is 0 Å². The molecule has 0 spiro atoms. The summed E-state index contributed by atoms with van der Waals surface area (Å²) in [6.45, 7) is 0. The topological polar surface area (TPSA) is 116 Å². The molecule has 0 aliphatic heterocycles. The zero-order valence-electron chi connectivity index (χ0n) is 5.47. The summed E-state index contributed by atoms with van der Waals surface area (Å²) in [6, 6.07) is 0. The molecule has 58 valence electrons. The van der Waals surface area contributed by atoms with Gasteiger partial charge >= 0.3 is 5.69 Å². The van der Waals surface area contributed by atoms with Crippen LogP contribution in [0.2, 0.25) is 0 Å². The minimum absolute atomic E-state index is 0.0374. The first kappa shape index (κ1) is 7.26. The van der Waals surface area contributed by atoms with E-state index in [1.165, 1.54) is 0 Å². The Morgan fingerprint density at radius 3 is 2.45 bits per heavy atom. The van der Waals surface area contributed by atoms with Crippen LogP contribution in [0.15, 0.2) is 9.59 Å². The van der Waals surface area contributed by atoms with Gasteiger partial charge in [0.1, 0.15) is 5.82 Å². The summed E-state index contributed by atoms with van der Waals surface area (Å²) >= 11 is 0. The minimum atomic E-state index is -0.668. The molecule has 1 heterocycles. The van der Waals surface area contributed by atoms with Crippen molar-refractivity contribution < 1.29 is 0 Å². The molecule has 1 rings (SSSR count). The van der Waals surface area contributed by atoms with Gasteiger partial charge in [-0.1, -0.05) is 0 Å². The van der Waals surface area contributed by atoms with Gasteiger partial charge in [0.25, 0.3) is 5.56 Å². The van der Waals surface area contributed by atoms with Crippen molar-refractivity contribution >= 4 is 12.0 Å². The van der Waals surface area contributed by atoms with Crippen molar-refractivity contribution in [3.8, 4) is 0 Å². The van der Waals surface area contributed by atoms with Crippen LogP contribution in [-0.2, 0) is 0 Å². The fraction of sp³-hybridized carbons (Fsp3) is 0. The number of aromatic nitrogens is 2. The third kappa shape index (κ3) is 1.18. The lowest BCUT2D eigenvalue weighted by Crippen LogP contribution is -2.27. The Bertz CT molecular complexity index is 388. The van der Waals surface area contributed by atoms with Gasteiger partial charge in [-0.15, -0.1) is 0 Å². The van der Waals surface area contributed by atoms with Crippen LogP contribution in [0.1, 0.15) is 5.56 Å². The molecule has 0 aliphatic rings. The highest BCUT2D eigenvalue weighted by molar-refractivity contribution is 5.82. The van der Waals surface area contributed by atoms with Gasteiger partial charge in [0.15, 0.2) is 0 Å². The molecule has 1 aromatic rings. The van der Waals surface area contributed by atoms with Crippen molar-refractivity contribution in [2.45, 2.75) is 0 Å². The van der Waals surface area contributed by atoms with E-state index in [0.29, 0.717) is 0 Å². The first-order valence-electron chi connectivity index (χ1n) is 2.77. The van der Waals surface area contributed by atoms with Gasteiger partial charge in [0, 0.05) is 6.21 Å². The smallest absolute Gasteiger partial charge is 0.327 e. The van der Waals surface area contributed by atoms with E-state index in [-0.39, 0.29) is 11.4 Å². The number of anilines is 1. The lowest BCUT2D eigenvalue weighted by atomic mass is 10.3. The van der Waals surface area contributed by atoms with E-state index in [1.54, 1.807) is 0 Å². The lowest BCUT2D eigenvalue weighted by molar-refractivity contribution is 1.04. The Hall–Kier alpha value is -1.85. The third-order valence-corrected chi connectivity index (χ3v) is 1.15. The Morgan fingerprint density at radius 1 is 1.36 bits per heavy atom. The maximum atomic E-state index is 10.8. The summed E-state index contributed by atoms with van der Waals surface area (Å²) in [5.41, 5.74) is 3.85. The van der Waals surface area contributed by atoms with Crippen LogP contribution < -0.4 is 17.0 Å². The largest absolute Gasteiger partial charge is 0.384 e. The van der Waals surface area contributed by atoms with Crippen molar-refractivity contribution in [3.05, 3.63) is 26.4 Å². The second-order valence-electron chi connectivity index (χ2n) is 1.88. The predicted octanol–water partition coefficient (Wildman–Crippen LogP) is -1.36. The van der Waals surface area contributed by atoms with Crippen LogP contribution in [-0.4, -0.2) is 16.2 Å². The molecule has 5 N–H and O–H groups in total. The summed E-state index contributed by atoms with van der Waals surface area (Å²) in [6.07, 6.45) is 0.782. The molecule has 0 saturated heterocycles. The highest BCUT2D eigenvalue weighted by Gasteiger charge is 2.01. The number of aromatic amines is 2. The summed E-state index contributed by atoms with van der Waals surface area (Å²) in [4.78, 5) is 25.4. The van der Waals surface area contributed by atoms with Crippen molar-refractivity contribution in [1.29, 1.82) is 5.41 Å². The van der Waals surface area contributed by atoms with E-state index in [1.807, 2.05) is 4.98 Å². The molecule has 0 radical (unpaired) electrons. The lowest BCUT2D eigenvalue weighted by Gasteiger charge is -1.94. The summed E-state index contributed by atoms with van der Waals surface area (Å²) in [7, 11) is 0. The predicted molar refractivity (Wildman–Crippen MR) is 40.0 cm³/mol. The normalized spacial score (nSPS) is 9.45. The fourth-order valence-electron chi connectivity index (χ4n) is 0.657. The molecule has 6 heteroatoms. The monoisotopic (exact) mass is 154 g/mol. The number of nitrogens with one attached hydrogen (secondary N) is 3. The minimum Gasteiger partial charge on any atom is -0.384 e. The Balaban J connectivity index is 3.62. The zero-order valence-corrected chi connectivity index (χ0v) is 5.47. The third-order valence-electron chi connectivity index (χ3n) is 1.15. The molecule has 1 aromatic heterocycles. The van der Waals surface area contributed by atoms with Crippen LogP contribution in [0.3, 0.4) is 0 Å². The zero-order chi connectivity index (χ0) is 8.43. The second-order valence-corrected chi connectivity index (χ2v) is 1.88. The molecule has 0 bridgehead atoms. The molecular weight excluding hydrogens is 148 g/mol. The second kappa shape index (κ2) is 2.41. The van der Waals surface area contributed by atoms with Gasteiger partial charge in [-0.05, 0) is 0 Å². The first-order chi connectivity index (χ1) is 5.15. The highest BCUT2D eigenvalue weighted by Crippen LogP contribution is 1.91. The molecule has 0 amide bonds. The molecular formula is C5H6N4O2. The van der Waals surface area contributed by atoms with Crippen molar-refractivity contribution in [1.82, 2.24) is 9.97 Å². The van der Waals surface area contributed by atoms with E-state index >= 15 is 0 Å². The van der Waals surface area contributed by atoms with Gasteiger partial charge in [0.2, 0.25) is 0 Å². The van der Waals surface area contributed by atoms with E-state index in [2.05, 4.69) is 4.98 Å². The van der Waals surface area contributed by atoms with Gasteiger partial charge in [-0.3, -0.25) is 14.8 Å². The van der Waals surface area contributed by atoms with E-state index < -0.39 is 11.2 Å². The maximum Gasteiger partial charge on any atom is 0.327 e. The molecule has 0 fully saturated rings. The average Bonchev–Trinajstić information content (AvgIpc) is 1.85. The van der Waals surface area contributed by atoms with Crippen LogP contribution >= 0.6 is 0 Å². The van der Waals surface area contributed by atoms with Gasteiger partial charge in [-0.25, -0.2) is 4.79 Å². The Kier molecular flexibility index (Phi) is 1.59. The van der Waals surface area contributed by atoms with E-state index in [0.717, 1.165) is 6.21 Å².